The van der Waals surface area contributed by atoms with E-state index in [9.17, 15) is 33.6 Å². The number of hydrogen-bond acceptors (Lipinski definition) is 17. The summed E-state index contributed by atoms with van der Waals surface area (Å²) in [5.41, 5.74) is 64.3. The molecule has 5 aromatic heterocycles. The number of fused-ring (bicyclic) bond motifs is 5. The fraction of sp³-hybridized carbons (Fsp3) is 0.330. The molecule has 7 heterocycles. The number of amides is 7. The first-order valence-corrected chi connectivity index (χ1v) is 50.1. The topological polar surface area (TPSA) is 489 Å². The van der Waals surface area contributed by atoms with Crippen LogP contribution >= 0.6 is 0 Å². The number of methoxy groups -OCH3 is 1. The van der Waals surface area contributed by atoms with Crippen molar-refractivity contribution in [3.63, 3.8) is 0 Å². The van der Waals surface area contributed by atoms with Crippen LogP contribution < -0.4 is 87.4 Å². The number of ether oxygens (including phenoxy) is 1. The molecule has 1 unspecified atom stereocenters. The van der Waals surface area contributed by atoms with Gasteiger partial charge >= 0.3 is 0 Å². The van der Waals surface area contributed by atoms with Gasteiger partial charge in [0, 0.05) is 139 Å². The molecule has 29 nitrogen and oxygen atoms in total. The largest absolute Gasteiger partial charge is 0.496 e. The molecule has 0 bridgehead atoms. The molecule has 0 spiro atoms. The summed E-state index contributed by atoms with van der Waals surface area (Å²) in [5.74, 6) is 0.780. The van der Waals surface area contributed by atoms with Crippen molar-refractivity contribution < 1.29 is 38.3 Å². The summed E-state index contributed by atoms with van der Waals surface area (Å²) >= 11 is 0. The molecule has 144 heavy (non-hydrogen) atoms. The second-order valence-corrected chi connectivity index (χ2v) is 38.6. The summed E-state index contributed by atoms with van der Waals surface area (Å²) in [6, 6.07) is 81.7. The highest BCUT2D eigenvalue weighted by Gasteiger charge is 2.35. The van der Waals surface area contributed by atoms with Crippen molar-refractivity contribution in [3.8, 4) is 50.3 Å². The van der Waals surface area contributed by atoms with Gasteiger partial charge in [-0.1, -0.05) is 206 Å². The predicted octanol–water partition coefficient (Wildman–Crippen LogP) is 14.4. The minimum absolute atomic E-state index is 0.0145. The Morgan fingerprint density at radius 1 is 0.431 bits per heavy atom. The highest BCUT2D eigenvalue weighted by atomic mass is 16.5. The molecule has 3 aliphatic rings. The number of hydrogen-bond donors (Lipinski definition) is 20. The molecule has 10 aromatic carbocycles. The quantitative estimate of drug-likeness (QED) is 0.0175. The number of H-pyrrole nitrogens is 5. The summed E-state index contributed by atoms with van der Waals surface area (Å²) in [4.78, 5) is 105. The van der Waals surface area contributed by atoms with Crippen LogP contribution in [-0.2, 0) is 16.0 Å². The molecular weight excluding hydrogens is 1800 g/mol. The van der Waals surface area contributed by atoms with Gasteiger partial charge in [-0.2, -0.15) is 0 Å². The average molecular weight is 1950 g/mol. The van der Waals surface area contributed by atoms with Gasteiger partial charge in [0.1, 0.15) is 34.2 Å². The van der Waals surface area contributed by atoms with Crippen LogP contribution in [0.2, 0.25) is 0 Å². The van der Waals surface area contributed by atoms with Crippen LogP contribution in [0.5, 0.6) is 5.75 Å². The number of nitrogens with zero attached hydrogens (tertiary/aromatic N) is 1. The van der Waals surface area contributed by atoms with Crippen molar-refractivity contribution in [1.82, 2.24) is 72.4 Å². The number of carbonyl (C=O) groups excluding carboxylic acids is 7. The van der Waals surface area contributed by atoms with Crippen molar-refractivity contribution in [3.05, 3.63) is 305 Å². The summed E-state index contributed by atoms with van der Waals surface area (Å²) in [5, 5.41) is 28.8. The fourth-order valence-corrected chi connectivity index (χ4v) is 17.9. The molecule has 15 aromatic rings. The zero-order valence-electron chi connectivity index (χ0n) is 83.8. The van der Waals surface area contributed by atoms with E-state index in [4.69, 9.17) is 44.9 Å². The Morgan fingerprint density at radius 3 is 1.29 bits per heavy atom. The maximum atomic E-state index is 13.0. The molecule has 2 aliphatic heterocycles. The minimum Gasteiger partial charge on any atom is -0.496 e. The van der Waals surface area contributed by atoms with Gasteiger partial charge in [0.05, 0.1) is 24.7 Å². The average Bonchev–Trinajstić information content (AvgIpc) is 1.64. The van der Waals surface area contributed by atoms with Gasteiger partial charge in [-0.25, -0.2) is 0 Å². The molecule has 18 rings (SSSR count). The third-order valence-corrected chi connectivity index (χ3v) is 26.9. The molecule has 27 N–H and O–H groups in total. The Hall–Kier alpha value is -14.4. The number of nitrogens with one attached hydrogen (secondary N) is 13. The zero-order chi connectivity index (χ0) is 102. The first-order chi connectivity index (χ1) is 69.6. The molecule has 8 atom stereocenters. The Kier molecular flexibility index (Phi) is 37.0. The monoisotopic (exact) mass is 1940 g/mol. The molecule has 2 saturated heterocycles. The summed E-state index contributed by atoms with van der Waals surface area (Å²) < 4.78 is 5.57. The smallest absolute Gasteiger partial charge is 0.270 e. The third kappa shape index (κ3) is 28.8. The van der Waals surface area contributed by atoms with Crippen molar-refractivity contribution in [1.29, 1.82) is 0 Å². The third-order valence-electron chi connectivity index (χ3n) is 26.9. The number of aromatic amines is 5. The number of nitrogens with two attached hydrogens (primary N) is 7. The molecule has 0 radical (unpaired) electrons. The van der Waals surface area contributed by atoms with E-state index in [-0.39, 0.29) is 89.6 Å². The van der Waals surface area contributed by atoms with E-state index in [1.807, 2.05) is 92.7 Å². The minimum atomic E-state index is -0.503. The SMILES string of the molecule is CNC(=O)[C@@H]1C[C@H](N(C)C(=O)c2cc3ccc(-c4ccc(C)cc4)cc3[nH]2)CN1.COc1cc(-c2ccc(C)cc2)cc2[nH]c(C(=O)NC[C@H](N)CCCN)cc12.Cc1ccc(-c2ccc3cc(C(=O)NC[C@@H]4CC(NC(=O)[C@H](N)C(C)C)CN4)[nH]c3c2)cc1.NCCC[C@@H](N)CNC(=O)c1cc2ccc(-c3ccc(C4CC4)cc3)cc2[nH]1.NCCC[C@@H](N)CNC(=O)c1cc2ccc(Cc3ccccc3)cc2[nH]1. The highest BCUT2D eigenvalue weighted by molar-refractivity contribution is 6.04. The molecule has 1 aliphatic carbocycles. The maximum absolute atomic E-state index is 13.0. The summed E-state index contributed by atoms with van der Waals surface area (Å²) in [6.45, 7) is 15.0. The number of rotatable bonds is 35. The molecule has 7 amide bonds. The van der Waals surface area contributed by atoms with Gasteiger partial charge < -0.3 is 117 Å². The van der Waals surface area contributed by atoms with E-state index in [1.54, 1.807) is 26.1 Å². The Balaban J connectivity index is 0.000000143. The van der Waals surface area contributed by atoms with Crippen LogP contribution in [0.1, 0.15) is 170 Å². The normalized spacial score (nSPS) is 15.6. The van der Waals surface area contributed by atoms with Crippen LogP contribution in [0.4, 0.5) is 0 Å². The summed E-state index contributed by atoms with van der Waals surface area (Å²) in [7, 11) is 5.06. The van der Waals surface area contributed by atoms with Crippen molar-refractivity contribution >= 4 is 95.9 Å². The van der Waals surface area contributed by atoms with E-state index in [2.05, 4.69) is 252 Å². The molecule has 3 fully saturated rings. The summed E-state index contributed by atoms with van der Waals surface area (Å²) in [6.07, 6.45) is 9.86. The van der Waals surface area contributed by atoms with Crippen LogP contribution in [0.3, 0.4) is 0 Å². The number of benzene rings is 10. The zero-order valence-corrected chi connectivity index (χ0v) is 83.8. The van der Waals surface area contributed by atoms with Crippen LogP contribution in [0, 0.1) is 26.7 Å². The number of aryl methyl sites for hydroxylation is 3. The van der Waals surface area contributed by atoms with E-state index < -0.39 is 6.04 Å². The van der Waals surface area contributed by atoms with Crippen molar-refractivity contribution in [2.45, 2.75) is 160 Å². The van der Waals surface area contributed by atoms with Gasteiger partial charge in [-0.05, 0) is 251 Å². The first kappa shape index (κ1) is 105. The lowest BCUT2D eigenvalue weighted by atomic mass is 10.0. The van der Waals surface area contributed by atoms with Crippen LogP contribution in [-0.4, -0.2) is 200 Å². The second-order valence-electron chi connectivity index (χ2n) is 38.6. The van der Waals surface area contributed by atoms with E-state index in [0.29, 0.717) is 93.8 Å². The van der Waals surface area contributed by atoms with Crippen LogP contribution in [0.15, 0.2) is 243 Å². The lowest BCUT2D eigenvalue weighted by Gasteiger charge is -2.23. The number of likely N-dealkylation sites (N-methyl/N-ethyl adjacent to an activating group) is 2. The number of aromatic nitrogens is 5. The molecule has 754 valence electrons. The van der Waals surface area contributed by atoms with E-state index >= 15 is 0 Å². The fourth-order valence-electron chi connectivity index (χ4n) is 17.9. The first-order valence-electron chi connectivity index (χ1n) is 50.1. The van der Waals surface area contributed by atoms with Gasteiger partial charge in [0.2, 0.25) is 11.8 Å². The van der Waals surface area contributed by atoms with Gasteiger partial charge in [0.15, 0.2) is 0 Å². The van der Waals surface area contributed by atoms with Crippen LogP contribution in [0.25, 0.3) is 99.0 Å². The Labute approximate surface area is 842 Å². The molecule has 1 saturated carbocycles. The van der Waals surface area contributed by atoms with Gasteiger partial charge in [-0.3, -0.25) is 33.6 Å². The second kappa shape index (κ2) is 50.5. The van der Waals surface area contributed by atoms with Gasteiger partial charge in [-0.15, -0.1) is 0 Å². The van der Waals surface area contributed by atoms with E-state index in [1.165, 1.54) is 51.8 Å². The van der Waals surface area contributed by atoms with Crippen molar-refractivity contribution in [2.75, 3.05) is 80.1 Å². The van der Waals surface area contributed by atoms with Gasteiger partial charge in [0.25, 0.3) is 29.5 Å². The lowest BCUT2D eigenvalue weighted by Crippen LogP contribution is -2.48. The maximum Gasteiger partial charge on any atom is 0.270 e. The number of carbonyl (C=O) groups is 7. The van der Waals surface area contributed by atoms with E-state index in [0.717, 1.165) is 156 Å². The Morgan fingerprint density at radius 2 is 0.840 bits per heavy atom. The highest BCUT2D eigenvalue weighted by Crippen LogP contribution is 2.41. The molecular formula is C115H141N21O8. The van der Waals surface area contributed by atoms with Crippen molar-refractivity contribution in [2.24, 2.45) is 46.1 Å². The Bertz CT molecular complexity index is 6840. The lowest BCUT2D eigenvalue weighted by molar-refractivity contribution is -0.124. The standard InChI is InChI=1S/C26H33N5O2.C23H26N4O2.C23H28N4O.C22H28N4O2.C21H26N4O/c1-15(2)24(27)26(33)30-21-12-20(28-14-21)13-29-25(32)23-11-19-9-8-18(10-22(19)31-23)17-6-4-16(3)5-7-17;1-14-4-6-15(7-5-14)16-8-9-17-11-21(26-19(17)10-16)23(29)27(3)18-12-20(25-13-18)22(28)24-2;24-11-1-2-20(25)14-26-23(28)22-13-19-10-9-18(12-21(19)27-22)17-7-5-16(6-8-17)15-3-4-15;1-14-5-7-15(8-6-14)16-10-19-18(21(11-16)28-2)12-20(26-19)22(27)25-13-17(24)4-3-9-23;22-10-4-7-18(23)14-24-21(26)20-13-17-9-8-16(12-19(17)25-20)11-15-5-2-1-3-6-15/h4-11,15,20-21,24,28,31H,12-14,27H2,1-3H3,(H,29,32)(H,30,33);4-11,18,20,25-26H,12-13H2,1-3H3,(H,24,28);5-10,12-13,15,20,27H,1-4,11,14,24-25H2,(H,26,28);5-8,10-12,17,26H,3-4,9,13,23-24H2,1-2H3,(H,25,27);1-3,5-6,8-9,12-13,18,25H,4,7,10-11,14,22-23H2,(H,24,26)/t20-,21?,24+;18-,20-;20-;17-;18-/m00111/s1. The predicted molar refractivity (Wildman–Crippen MR) is 581 cm³/mol. The molecule has 29 heteroatoms.